The number of para-hydroxylation sites is 1. The van der Waals surface area contributed by atoms with Crippen LogP contribution in [0.4, 0.5) is 0 Å². The highest BCUT2D eigenvalue weighted by molar-refractivity contribution is 7.99. The average molecular weight is 288 g/mol. The number of hydrogen-bond donors (Lipinski definition) is 2. The molecule has 1 aromatic heterocycles. The van der Waals surface area contributed by atoms with Crippen molar-refractivity contribution in [2.75, 3.05) is 6.61 Å². The molecule has 0 saturated heterocycles. The summed E-state index contributed by atoms with van der Waals surface area (Å²) >= 11 is 1.66. The summed E-state index contributed by atoms with van der Waals surface area (Å²) in [6.45, 7) is 3.07. The molecule has 1 heterocycles. The van der Waals surface area contributed by atoms with E-state index >= 15 is 0 Å². The molecule has 1 saturated carbocycles. The zero-order valence-corrected chi connectivity index (χ0v) is 12.5. The Hall–Kier alpha value is -1.10. The van der Waals surface area contributed by atoms with Crippen LogP contribution in [0.15, 0.2) is 35.4 Å². The summed E-state index contributed by atoms with van der Waals surface area (Å²) in [5, 5.41) is 15.2. The van der Waals surface area contributed by atoms with Gasteiger partial charge in [-0.2, -0.15) is 0 Å². The zero-order chi connectivity index (χ0) is 13.9. The van der Waals surface area contributed by atoms with E-state index in [2.05, 4.69) is 17.4 Å². The van der Waals surface area contributed by atoms with Crippen LogP contribution in [0, 0.1) is 0 Å². The number of fused-ring (bicyclic) bond motifs is 1. The first-order valence-corrected chi connectivity index (χ1v) is 8.04. The Morgan fingerprint density at radius 3 is 2.95 bits per heavy atom. The van der Waals surface area contributed by atoms with Gasteiger partial charge in [-0.3, -0.25) is 0 Å². The fraction of sp³-hybridized carbons (Fsp3) is 0.438. The van der Waals surface area contributed by atoms with Crippen LogP contribution in [-0.2, 0) is 6.54 Å². The maximum absolute atomic E-state index is 9.26. The molecule has 1 fully saturated rings. The van der Waals surface area contributed by atoms with Crippen molar-refractivity contribution in [2.45, 2.75) is 42.6 Å². The van der Waals surface area contributed by atoms with E-state index in [0.29, 0.717) is 6.04 Å². The van der Waals surface area contributed by atoms with Crippen LogP contribution < -0.4 is 5.32 Å². The maximum atomic E-state index is 9.26. The van der Waals surface area contributed by atoms with Gasteiger partial charge in [0.2, 0.25) is 0 Å². The van der Waals surface area contributed by atoms with Gasteiger partial charge in [0.05, 0.1) is 12.1 Å². The second-order valence-electron chi connectivity index (χ2n) is 5.41. The van der Waals surface area contributed by atoms with Crippen LogP contribution in [0.3, 0.4) is 0 Å². The zero-order valence-electron chi connectivity index (χ0n) is 11.7. The van der Waals surface area contributed by atoms with Gasteiger partial charge in [-0.15, -0.1) is 11.8 Å². The van der Waals surface area contributed by atoms with Crippen LogP contribution >= 0.6 is 11.8 Å². The molecular weight excluding hydrogens is 268 g/mol. The Labute approximate surface area is 123 Å². The van der Waals surface area contributed by atoms with Crippen molar-refractivity contribution >= 4 is 22.7 Å². The third kappa shape index (κ3) is 3.32. The minimum absolute atomic E-state index is 0.170. The number of aliphatic hydroxyl groups is 1. The lowest BCUT2D eigenvalue weighted by molar-refractivity contribution is 0.300. The maximum Gasteiger partial charge on any atom is 0.102 e. The second-order valence-corrected chi connectivity index (χ2v) is 6.84. The van der Waals surface area contributed by atoms with Crippen LogP contribution in [0.1, 0.15) is 25.3 Å². The van der Waals surface area contributed by atoms with Crippen LogP contribution in [0.2, 0.25) is 0 Å². The molecular formula is C16H20N2OS. The molecule has 1 atom stereocenters. The highest BCUT2D eigenvalue weighted by Crippen LogP contribution is 2.29. The summed E-state index contributed by atoms with van der Waals surface area (Å²) < 4.78 is 0. The number of rotatable bonds is 6. The molecule has 0 aliphatic heterocycles. The summed E-state index contributed by atoms with van der Waals surface area (Å²) in [6.07, 6.45) is 2.58. The minimum Gasteiger partial charge on any atom is -0.395 e. The SMILES string of the molecule is CC(CO)Sc1nc2ccccc2cc1CNC1CC1. The molecule has 4 heteroatoms. The summed E-state index contributed by atoms with van der Waals surface area (Å²) in [5.74, 6) is 0. The lowest BCUT2D eigenvalue weighted by Crippen LogP contribution is -2.16. The van der Waals surface area contributed by atoms with Crippen molar-refractivity contribution in [3.63, 3.8) is 0 Å². The Bertz CT molecular complexity index is 598. The number of thioether (sulfide) groups is 1. The molecule has 0 bridgehead atoms. The second kappa shape index (κ2) is 6.12. The number of aromatic nitrogens is 1. The molecule has 2 N–H and O–H groups in total. The van der Waals surface area contributed by atoms with Crippen molar-refractivity contribution < 1.29 is 5.11 Å². The van der Waals surface area contributed by atoms with E-state index < -0.39 is 0 Å². The first-order chi connectivity index (χ1) is 9.76. The van der Waals surface area contributed by atoms with Crippen molar-refractivity contribution in [1.29, 1.82) is 0 Å². The molecule has 3 nitrogen and oxygen atoms in total. The standard InChI is InChI=1S/C16H20N2OS/c1-11(10-19)20-16-13(9-17-14-6-7-14)8-12-4-2-3-5-15(12)18-16/h2-5,8,11,14,17,19H,6-7,9-10H2,1H3. The average Bonchev–Trinajstić information content (AvgIpc) is 3.29. The number of nitrogens with one attached hydrogen (secondary N) is 1. The largest absolute Gasteiger partial charge is 0.395 e. The Morgan fingerprint density at radius 1 is 1.40 bits per heavy atom. The van der Waals surface area contributed by atoms with Crippen LogP contribution in [-0.4, -0.2) is 28.0 Å². The smallest absolute Gasteiger partial charge is 0.102 e. The molecule has 1 aromatic carbocycles. The predicted octanol–water partition coefficient (Wildman–Crippen LogP) is 2.96. The van der Waals surface area contributed by atoms with E-state index in [0.717, 1.165) is 17.1 Å². The van der Waals surface area contributed by atoms with E-state index in [1.54, 1.807) is 11.8 Å². The predicted molar refractivity (Wildman–Crippen MR) is 84.0 cm³/mol. The highest BCUT2D eigenvalue weighted by atomic mass is 32.2. The number of hydrogen-bond acceptors (Lipinski definition) is 4. The fourth-order valence-electron chi connectivity index (χ4n) is 2.14. The Morgan fingerprint density at radius 2 is 2.20 bits per heavy atom. The van der Waals surface area contributed by atoms with E-state index in [1.807, 2.05) is 25.1 Å². The van der Waals surface area contributed by atoms with E-state index in [-0.39, 0.29) is 11.9 Å². The summed E-state index contributed by atoms with van der Waals surface area (Å²) in [4.78, 5) is 4.77. The van der Waals surface area contributed by atoms with Gasteiger partial charge < -0.3 is 10.4 Å². The van der Waals surface area contributed by atoms with E-state index in [9.17, 15) is 5.11 Å². The molecule has 20 heavy (non-hydrogen) atoms. The Balaban J connectivity index is 1.91. The van der Waals surface area contributed by atoms with Gasteiger partial charge in [0, 0.05) is 23.2 Å². The molecule has 1 aliphatic rings. The lowest BCUT2D eigenvalue weighted by atomic mass is 10.1. The number of benzene rings is 1. The van der Waals surface area contributed by atoms with Gasteiger partial charge in [0.25, 0.3) is 0 Å². The van der Waals surface area contributed by atoms with Crippen molar-refractivity contribution in [2.24, 2.45) is 0 Å². The fourth-order valence-corrected chi connectivity index (χ4v) is 3.03. The van der Waals surface area contributed by atoms with Gasteiger partial charge in [-0.05, 0) is 30.5 Å². The van der Waals surface area contributed by atoms with Crippen LogP contribution in [0.25, 0.3) is 10.9 Å². The molecule has 0 spiro atoms. The molecule has 0 amide bonds. The highest BCUT2D eigenvalue weighted by Gasteiger charge is 2.21. The molecule has 0 radical (unpaired) electrons. The van der Waals surface area contributed by atoms with Crippen molar-refractivity contribution in [3.05, 3.63) is 35.9 Å². The summed E-state index contributed by atoms with van der Waals surface area (Å²) in [7, 11) is 0. The van der Waals surface area contributed by atoms with E-state index in [4.69, 9.17) is 4.98 Å². The third-order valence-corrected chi connectivity index (χ3v) is 4.62. The van der Waals surface area contributed by atoms with Gasteiger partial charge in [0.15, 0.2) is 0 Å². The summed E-state index contributed by atoms with van der Waals surface area (Å²) in [5.41, 5.74) is 2.26. The Kier molecular flexibility index (Phi) is 4.24. The number of nitrogens with zero attached hydrogens (tertiary/aromatic N) is 1. The molecule has 1 unspecified atom stereocenters. The quantitative estimate of drug-likeness (QED) is 0.802. The number of pyridine rings is 1. The molecule has 106 valence electrons. The third-order valence-electron chi connectivity index (χ3n) is 3.49. The minimum atomic E-state index is 0.170. The first kappa shape index (κ1) is 13.9. The van der Waals surface area contributed by atoms with Gasteiger partial charge in [-0.25, -0.2) is 4.98 Å². The van der Waals surface area contributed by atoms with Crippen molar-refractivity contribution in [3.8, 4) is 0 Å². The van der Waals surface area contributed by atoms with Gasteiger partial charge in [0.1, 0.15) is 5.03 Å². The van der Waals surface area contributed by atoms with Crippen LogP contribution in [0.5, 0.6) is 0 Å². The molecule has 2 aromatic rings. The molecule has 1 aliphatic carbocycles. The molecule has 3 rings (SSSR count). The van der Waals surface area contributed by atoms with E-state index in [1.165, 1.54) is 23.8 Å². The number of aliphatic hydroxyl groups excluding tert-OH is 1. The monoisotopic (exact) mass is 288 g/mol. The van der Waals surface area contributed by atoms with Crippen molar-refractivity contribution in [1.82, 2.24) is 10.3 Å². The first-order valence-electron chi connectivity index (χ1n) is 7.16. The van der Waals surface area contributed by atoms with Gasteiger partial charge in [-0.1, -0.05) is 25.1 Å². The summed E-state index contributed by atoms with van der Waals surface area (Å²) in [6, 6.07) is 11.1. The van der Waals surface area contributed by atoms with Gasteiger partial charge >= 0.3 is 0 Å². The normalized spacial score (nSPS) is 16.5. The lowest BCUT2D eigenvalue weighted by Gasteiger charge is -2.13. The topological polar surface area (TPSA) is 45.2 Å².